The van der Waals surface area contributed by atoms with E-state index in [0.717, 1.165) is 5.69 Å². The highest BCUT2D eigenvalue weighted by Crippen LogP contribution is 2.57. The number of nitrogens with two attached hydrogens (primary N) is 1. The lowest BCUT2D eigenvalue weighted by atomic mass is 9.67. The summed E-state index contributed by atoms with van der Waals surface area (Å²) in [5, 5.41) is 2.52. The molecule has 142 valence electrons. The molecule has 0 atom stereocenters. The monoisotopic (exact) mass is 383 g/mol. The summed E-state index contributed by atoms with van der Waals surface area (Å²) in [7, 11) is 0. The maximum absolute atomic E-state index is 6.34. The number of benzene rings is 5. The van der Waals surface area contributed by atoms with Crippen LogP contribution in [-0.4, -0.2) is 0 Å². The number of anilines is 1. The predicted octanol–water partition coefficient (Wildman–Crippen LogP) is 6.79. The van der Waals surface area contributed by atoms with Crippen molar-refractivity contribution in [3.8, 4) is 11.1 Å². The second-order valence-corrected chi connectivity index (χ2v) is 8.03. The highest BCUT2D eigenvalue weighted by molar-refractivity contribution is 5.96. The summed E-state index contributed by atoms with van der Waals surface area (Å²) in [4.78, 5) is 0. The Kier molecular flexibility index (Phi) is 3.60. The Morgan fingerprint density at radius 2 is 1.00 bits per heavy atom. The molecule has 0 aliphatic heterocycles. The molecular formula is C29H21N. The lowest BCUT2D eigenvalue weighted by Gasteiger charge is -2.34. The molecule has 0 unspecified atom stereocenters. The minimum absolute atomic E-state index is 0.396. The molecule has 0 bridgehead atoms. The topological polar surface area (TPSA) is 26.0 Å². The van der Waals surface area contributed by atoms with Crippen LogP contribution in [0.4, 0.5) is 5.69 Å². The summed E-state index contributed by atoms with van der Waals surface area (Å²) >= 11 is 0. The van der Waals surface area contributed by atoms with Crippen LogP contribution in [-0.2, 0) is 5.41 Å². The van der Waals surface area contributed by atoms with E-state index in [2.05, 4.69) is 109 Å². The third kappa shape index (κ3) is 2.23. The van der Waals surface area contributed by atoms with Gasteiger partial charge in [-0.25, -0.2) is 0 Å². The van der Waals surface area contributed by atoms with Crippen molar-refractivity contribution >= 4 is 16.5 Å². The third-order valence-electron chi connectivity index (χ3n) is 6.44. The van der Waals surface area contributed by atoms with Crippen LogP contribution < -0.4 is 5.73 Å². The van der Waals surface area contributed by atoms with E-state index >= 15 is 0 Å². The van der Waals surface area contributed by atoms with Crippen LogP contribution in [0.2, 0.25) is 0 Å². The molecule has 0 radical (unpaired) electrons. The first kappa shape index (κ1) is 17.1. The molecule has 6 rings (SSSR count). The van der Waals surface area contributed by atoms with E-state index in [0.29, 0.717) is 0 Å². The van der Waals surface area contributed by atoms with Crippen LogP contribution in [0.5, 0.6) is 0 Å². The lowest BCUT2D eigenvalue weighted by Crippen LogP contribution is -2.28. The van der Waals surface area contributed by atoms with Crippen LogP contribution in [0.25, 0.3) is 21.9 Å². The van der Waals surface area contributed by atoms with Crippen molar-refractivity contribution in [2.75, 3.05) is 5.73 Å². The molecule has 5 aromatic rings. The summed E-state index contributed by atoms with van der Waals surface area (Å²) in [5.41, 5.74) is 14.4. The minimum atomic E-state index is -0.396. The van der Waals surface area contributed by atoms with E-state index in [1.807, 2.05) is 6.07 Å². The van der Waals surface area contributed by atoms with Crippen LogP contribution in [0.1, 0.15) is 22.3 Å². The van der Waals surface area contributed by atoms with Gasteiger partial charge >= 0.3 is 0 Å². The molecule has 1 nitrogen and oxygen atoms in total. The first-order valence-corrected chi connectivity index (χ1v) is 10.3. The van der Waals surface area contributed by atoms with Crippen LogP contribution in [0.3, 0.4) is 0 Å². The average molecular weight is 383 g/mol. The Balaban J connectivity index is 1.84. The zero-order chi connectivity index (χ0) is 20.1. The fourth-order valence-electron chi connectivity index (χ4n) is 5.19. The van der Waals surface area contributed by atoms with E-state index in [1.165, 1.54) is 44.2 Å². The number of fused-ring (bicyclic) bond motifs is 4. The maximum Gasteiger partial charge on any atom is 0.0714 e. The number of rotatable bonds is 2. The average Bonchev–Trinajstić information content (AvgIpc) is 3.08. The number of nitrogen functional groups attached to an aromatic ring is 1. The van der Waals surface area contributed by atoms with Crippen LogP contribution >= 0.6 is 0 Å². The summed E-state index contributed by atoms with van der Waals surface area (Å²) in [6.45, 7) is 0. The Morgan fingerprint density at radius 3 is 1.63 bits per heavy atom. The van der Waals surface area contributed by atoms with Gasteiger partial charge in [0, 0.05) is 5.69 Å². The van der Waals surface area contributed by atoms with Gasteiger partial charge in [0.2, 0.25) is 0 Å². The minimum Gasteiger partial charge on any atom is -0.399 e. The van der Waals surface area contributed by atoms with Crippen molar-refractivity contribution < 1.29 is 0 Å². The highest BCUT2D eigenvalue weighted by atomic mass is 14.6. The van der Waals surface area contributed by atoms with Gasteiger partial charge in [-0.2, -0.15) is 0 Å². The summed E-state index contributed by atoms with van der Waals surface area (Å²) in [5.74, 6) is 0. The molecule has 2 N–H and O–H groups in total. The highest BCUT2D eigenvalue weighted by Gasteiger charge is 2.46. The van der Waals surface area contributed by atoms with Gasteiger partial charge < -0.3 is 5.73 Å². The molecule has 0 spiro atoms. The molecule has 1 aliphatic rings. The molecular weight excluding hydrogens is 362 g/mol. The SMILES string of the molecule is Nc1ccc2c(c1)C(c1ccccc1)(c1ccccc1)c1cc3ccccc3cc1-2. The molecule has 0 heterocycles. The Hall–Kier alpha value is -3.84. The zero-order valence-corrected chi connectivity index (χ0v) is 16.5. The van der Waals surface area contributed by atoms with E-state index in [1.54, 1.807) is 0 Å². The first-order chi connectivity index (χ1) is 14.8. The third-order valence-corrected chi connectivity index (χ3v) is 6.44. The summed E-state index contributed by atoms with van der Waals surface area (Å²) < 4.78 is 0. The van der Waals surface area contributed by atoms with E-state index in [4.69, 9.17) is 5.73 Å². The van der Waals surface area contributed by atoms with Crippen molar-refractivity contribution in [1.82, 2.24) is 0 Å². The Bertz CT molecular complexity index is 1350. The summed E-state index contributed by atoms with van der Waals surface area (Å²) in [6.07, 6.45) is 0. The molecule has 0 saturated heterocycles. The van der Waals surface area contributed by atoms with E-state index < -0.39 is 5.41 Å². The van der Waals surface area contributed by atoms with Gasteiger partial charge in [0.05, 0.1) is 5.41 Å². The van der Waals surface area contributed by atoms with Gasteiger partial charge in [-0.1, -0.05) is 91.0 Å². The van der Waals surface area contributed by atoms with Crippen molar-refractivity contribution in [1.29, 1.82) is 0 Å². The molecule has 0 fully saturated rings. The lowest BCUT2D eigenvalue weighted by molar-refractivity contribution is 0.770. The fraction of sp³-hybridized carbons (Fsp3) is 0.0345. The fourth-order valence-corrected chi connectivity index (χ4v) is 5.19. The molecule has 0 saturated carbocycles. The van der Waals surface area contributed by atoms with E-state index in [-0.39, 0.29) is 0 Å². The van der Waals surface area contributed by atoms with Crippen molar-refractivity contribution in [3.63, 3.8) is 0 Å². The van der Waals surface area contributed by atoms with Gasteiger partial charge in [0.15, 0.2) is 0 Å². The van der Waals surface area contributed by atoms with E-state index in [9.17, 15) is 0 Å². The van der Waals surface area contributed by atoms with Crippen molar-refractivity contribution in [3.05, 3.63) is 138 Å². The Labute approximate surface area is 176 Å². The van der Waals surface area contributed by atoms with Crippen LogP contribution in [0.15, 0.2) is 115 Å². The predicted molar refractivity (Wildman–Crippen MR) is 126 cm³/mol. The van der Waals surface area contributed by atoms with Crippen molar-refractivity contribution in [2.24, 2.45) is 0 Å². The largest absolute Gasteiger partial charge is 0.399 e. The first-order valence-electron chi connectivity index (χ1n) is 10.3. The quantitative estimate of drug-likeness (QED) is 0.328. The Morgan fingerprint density at radius 1 is 0.467 bits per heavy atom. The normalized spacial score (nSPS) is 13.7. The standard InChI is InChI=1S/C29H21N/c30-24-15-16-25-26-17-20-9-7-8-10-21(20)18-27(26)29(28(25)19-24,22-11-3-1-4-12-22)23-13-5-2-6-14-23/h1-19H,30H2. The number of hydrogen-bond acceptors (Lipinski definition) is 1. The van der Waals surface area contributed by atoms with Gasteiger partial charge in [-0.3, -0.25) is 0 Å². The van der Waals surface area contributed by atoms with Gasteiger partial charge in [-0.05, 0) is 68.4 Å². The molecule has 1 aliphatic carbocycles. The zero-order valence-electron chi connectivity index (χ0n) is 16.5. The second kappa shape index (κ2) is 6.33. The van der Waals surface area contributed by atoms with Gasteiger partial charge in [0.1, 0.15) is 0 Å². The molecule has 1 heteroatoms. The molecule has 30 heavy (non-hydrogen) atoms. The maximum atomic E-state index is 6.34. The van der Waals surface area contributed by atoms with Crippen LogP contribution in [0, 0.1) is 0 Å². The van der Waals surface area contributed by atoms with Gasteiger partial charge in [0.25, 0.3) is 0 Å². The smallest absolute Gasteiger partial charge is 0.0714 e. The molecule has 5 aromatic carbocycles. The summed E-state index contributed by atoms with van der Waals surface area (Å²) in [6, 6.07) is 41.3. The molecule has 0 amide bonds. The molecule has 0 aromatic heterocycles. The van der Waals surface area contributed by atoms with Crippen molar-refractivity contribution in [2.45, 2.75) is 5.41 Å². The second-order valence-electron chi connectivity index (χ2n) is 8.03. The van der Waals surface area contributed by atoms with Gasteiger partial charge in [-0.15, -0.1) is 0 Å². The number of hydrogen-bond donors (Lipinski definition) is 1.